The number of nitrogens with zero attached hydrogens (tertiary/aromatic N) is 1. The summed E-state index contributed by atoms with van der Waals surface area (Å²) in [6.45, 7) is 4.34. The molecular formula is C26H33BrN2O2S. The zero-order valence-electron chi connectivity index (χ0n) is 19.0. The van der Waals surface area contributed by atoms with Crippen LogP contribution in [0.15, 0.2) is 53.0 Å². The van der Waals surface area contributed by atoms with E-state index in [1.54, 1.807) is 16.7 Å². The molecule has 0 unspecified atom stereocenters. The van der Waals surface area contributed by atoms with E-state index in [1.165, 1.54) is 17.5 Å². The molecule has 32 heavy (non-hydrogen) atoms. The van der Waals surface area contributed by atoms with Crippen molar-refractivity contribution in [3.63, 3.8) is 0 Å². The molecule has 1 N–H and O–H groups in total. The summed E-state index contributed by atoms with van der Waals surface area (Å²) in [5.74, 6) is 1.07. The van der Waals surface area contributed by atoms with Gasteiger partial charge in [-0.15, -0.1) is 11.8 Å². The number of thioether (sulfide) groups is 1. The number of amides is 2. The standard InChI is InChI=1S/C26H33BrN2O2S/c1-19-8-10-21(11-9-19)16-29(20(2)26(31)28-24-6-4-3-5-7-24)25(30)18-32-17-22-12-14-23(27)15-13-22/h8-15,20,24H,3-7,16-18H2,1-2H3,(H,28,31)/t20-/m1/s1. The Hall–Kier alpha value is -1.79. The molecule has 2 aromatic rings. The van der Waals surface area contributed by atoms with Gasteiger partial charge in [-0.1, -0.05) is 77.2 Å². The van der Waals surface area contributed by atoms with Crippen molar-refractivity contribution in [1.29, 1.82) is 0 Å². The lowest BCUT2D eigenvalue weighted by atomic mass is 9.95. The van der Waals surface area contributed by atoms with Crippen molar-refractivity contribution < 1.29 is 9.59 Å². The number of carbonyl (C=O) groups is 2. The molecule has 0 heterocycles. The van der Waals surface area contributed by atoms with Gasteiger partial charge < -0.3 is 10.2 Å². The first-order valence-electron chi connectivity index (χ1n) is 11.4. The van der Waals surface area contributed by atoms with E-state index in [4.69, 9.17) is 0 Å². The Morgan fingerprint density at radius 3 is 2.31 bits per heavy atom. The van der Waals surface area contributed by atoms with Crippen LogP contribution in [-0.4, -0.2) is 34.6 Å². The zero-order valence-corrected chi connectivity index (χ0v) is 21.4. The molecule has 1 aliphatic carbocycles. The fourth-order valence-corrected chi connectivity index (χ4v) is 5.10. The largest absolute Gasteiger partial charge is 0.352 e. The van der Waals surface area contributed by atoms with Crippen LogP contribution in [0.25, 0.3) is 0 Å². The third-order valence-electron chi connectivity index (χ3n) is 6.00. The van der Waals surface area contributed by atoms with Crippen molar-refractivity contribution in [3.05, 3.63) is 69.7 Å². The first kappa shape index (κ1) is 24.8. The molecule has 4 nitrogen and oxygen atoms in total. The lowest BCUT2D eigenvalue weighted by molar-refractivity contribution is -0.139. The molecule has 0 saturated heterocycles. The molecule has 0 spiro atoms. The van der Waals surface area contributed by atoms with E-state index < -0.39 is 6.04 Å². The highest BCUT2D eigenvalue weighted by Gasteiger charge is 2.28. The number of hydrogen-bond acceptors (Lipinski definition) is 3. The molecule has 6 heteroatoms. The molecule has 0 aliphatic heterocycles. The van der Waals surface area contributed by atoms with Crippen LogP contribution < -0.4 is 5.32 Å². The molecule has 1 fully saturated rings. The smallest absolute Gasteiger partial charge is 0.242 e. The number of benzene rings is 2. The van der Waals surface area contributed by atoms with E-state index in [0.29, 0.717) is 12.3 Å². The quantitative estimate of drug-likeness (QED) is 0.454. The van der Waals surface area contributed by atoms with Gasteiger partial charge in [0.1, 0.15) is 6.04 Å². The van der Waals surface area contributed by atoms with Crippen molar-refractivity contribution in [1.82, 2.24) is 10.2 Å². The summed E-state index contributed by atoms with van der Waals surface area (Å²) in [5.41, 5.74) is 3.40. The Labute approximate surface area is 204 Å². The van der Waals surface area contributed by atoms with Gasteiger partial charge in [-0.2, -0.15) is 0 Å². The average molecular weight is 518 g/mol. The van der Waals surface area contributed by atoms with Crippen molar-refractivity contribution in [2.24, 2.45) is 0 Å². The summed E-state index contributed by atoms with van der Waals surface area (Å²) in [6.07, 6.45) is 5.65. The number of rotatable bonds is 9. The van der Waals surface area contributed by atoms with Crippen LogP contribution in [0.3, 0.4) is 0 Å². The molecule has 2 amide bonds. The van der Waals surface area contributed by atoms with Crippen molar-refractivity contribution >= 4 is 39.5 Å². The summed E-state index contributed by atoms with van der Waals surface area (Å²) in [6, 6.07) is 16.1. The highest BCUT2D eigenvalue weighted by Crippen LogP contribution is 2.20. The van der Waals surface area contributed by atoms with Crippen LogP contribution in [0.2, 0.25) is 0 Å². The van der Waals surface area contributed by atoms with Crippen molar-refractivity contribution in [3.8, 4) is 0 Å². The number of halogens is 1. The fraction of sp³-hybridized carbons (Fsp3) is 0.462. The number of nitrogens with one attached hydrogen (secondary N) is 1. The second-order valence-electron chi connectivity index (χ2n) is 8.65. The van der Waals surface area contributed by atoms with E-state index in [2.05, 4.69) is 33.4 Å². The predicted octanol–water partition coefficient (Wildman–Crippen LogP) is 5.86. The minimum absolute atomic E-state index is 0.000944. The molecule has 3 rings (SSSR count). The Kier molecular flexibility index (Phi) is 9.67. The molecule has 0 bridgehead atoms. The van der Waals surface area contributed by atoms with Crippen LogP contribution in [0, 0.1) is 6.92 Å². The van der Waals surface area contributed by atoms with Crippen LogP contribution >= 0.6 is 27.7 Å². The third-order valence-corrected chi connectivity index (χ3v) is 7.52. The number of carbonyl (C=O) groups excluding carboxylic acids is 2. The molecule has 0 radical (unpaired) electrons. The number of aryl methyl sites for hydroxylation is 1. The maximum atomic E-state index is 13.2. The number of hydrogen-bond donors (Lipinski definition) is 1. The van der Waals surface area contributed by atoms with Crippen LogP contribution in [-0.2, 0) is 21.9 Å². The van der Waals surface area contributed by atoms with Crippen molar-refractivity contribution in [2.75, 3.05) is 5.75 Å². The van der Waals surface area contributed by atoms with Crippen LogP contribution in [0.4, 0.5) is 0 Å². The molecule has 0 aromatic heterocycles. The summed E-state index contributed by atoms with van der Waals surface area (Å²) in [4.78, 5) is 28.0. The zero-order chi connectivity index (χ0) is 22.9. The highest BCUT2D eigenvalue weighted by atomic mass is 79.9. The average Bonchev–Trinajstić information content (AvgIpc) is 2.80. The maximum absolute atomic E-state index is 13.2. The topological polar surface area (TPSA) is 49.4 Å². The van der Waals surface area contributed by atoms with Gasteiger partial charge in [-0.3, -0.25) is 9.59 Å². The van der Waals surface area contributed by atoms with E-state index in [0.717, 1.165) is 41.5 Å². The molecule has 2 aromatic carbocycles. The lowest BCUT2D eigenvalue weighted by Gasteiger charge is -2.31. The molecule has 1 atom stereocenters. The Morgan fingerprint density at radius 1 is 1.03 bits per heavy atom. The minimum Gasteiger partial charge on any atom is -0.352 e. The highest BCUT2D eigenvalue weighted by molar-refractivity contribution is 9.10. The summed E-state index contributed by atoms with van der Waals surface area (Å²) < 4.78 is 1.05. The maximum Gasteiger partial charge on any atom is 0.242 e. The van der Waals surface area contributed by atoms with Gasteiger partial charge in [0.05, 0.1) is 5.75 Å². The van der Waals surface area contributed by atoms with Gasteiger partial charge in [0.25, 0.3) is 0 Å². The molecule has 172 valence electrons. The summed E-state index contributed by atoms with van der Waals surface area (Å²) in [5, 5.41) is 3.19. The monoisotopic (exact) mass is 516 g/mol. The van der Waals surface area contributed by atoms with Gasteiger partial charge in [-0.25, -0.2) is 0 Å². The Bertz CT molecular complexity index is 880. The van der Waals surface area contributed by atoms with Crippen molar-refractivity contribution in [2.45, 2.75) is 70.3 Å². The first-order chi connectivity index (χ1) is 15.4. The van der Waals surface area contributed by atoms with E-state index in [1.807, 2.05) is 50.2 Å². The summed E-state index contributed by atoms with van der Waals surface area (Å²) >= 11 is 5.04. The van der Waals surface area contributed by atoms with Gasteiger partial charge in [0.2, 0.25) is 11.8 Å². The molecule has 1 saturated carbocycles. The van der Waals surface area contributed by atoms with E-state index in [-0.39, 0.29) is 17.9 Å². The SMILES string of the molecule is Cc1ccc(CN(C(=O)CSCc2ccc(Br)cc2)[C@H](C)C(=O)NC2CCCCC2)cc1. The first-order valence-corrected chi connectivity index (χ1v) is 13.3. The Morgan fingerprint density at radius 2 is 1.66 bits per heavy atom. The van der Waals surface area contributed by atoms with Crippen LogP contribution in [0.1, 0.15) is 55.7 Å². The van der Waals surface area contributed by atoms with Crippen LogP contribution in [0.5, 0.6) is 0 Å². The van der Waals surface area contributed by atoms with Gasteiger partial charge in [0, 0.05) is 22.8 Å². The second-order valence-corrected chi connectivity index (χ2v) is 10.5. The third kappa shape index (κ3) is 7.66. The lowest BCUT2D eigenvalue weighted by Crippen LogP contribution is -2.50. The normalized spacial score (nSPS) is 15.2. The van der Waals surface area contributed by atoms with Gasteiger partial charge >= 0.3 is 0 Å². The minimum atomic E-state index is -0.501. The Balaban J connectivity index is 1.64. The second kappa shape index (κ2) is 12.4. The van der Waals surface area contributed by atoms with Gasteiger partial charge in [0.15, 0.2) is 0 Å². The van der Waals surface area contributed by atoms with E-state index >= 15 is 0 Å². The predicted molar refractivity (Wildman–Crippen MR) is 137 cm³/mol. The molecular weight excluding hydrogens is 484 g/mol. The van der Waals surface area contributed by atoms with E-state index in [9.17, 15) is 9.59 Å². The van der Waals surface area contributed by atoms with Gasteiger partial charge in [-0.05, 0) is 49.9 Å². The fourth-order valence-electron chi connectivity index (χ4n) is 3.96. The molecule has 1 aliphatic rings. The summed E-state index contributed by atoms with van der Waals surface area (Å²) in [7, 11) is 0.